The Hall–Kier alpha value is -2.59. The number of carbonyl (C=O) groups excluding carboxylic acids is 1. The van der Waals surface area contributed by atoms with Crippen molar-refractivity contribution in [2.24, 2.45) is 10.9 Å². The molecule has 0 atom stereocenters. The van der Waals surface area contributed by atoms with Crippen LogP contribution in [-0.4, -0.2) is 40.9 Å². The highest BCUT2D eigenvalue weighted by Gasteiger charge is 2.43. The van der Waals surface area contributed by atoms with Crippen LogP contribution in [-0.2, 0) is 17.3 Å². The zero-order valence-corrected chi connectivity index (χ0v) is 14.2. The molecule has 0 fully saturated rings. The van der Waals surface area contributed by atoms with E-state index in [1.165, 1.54) is 0 Å². The molecule has 0 unspecified atom stereocenters. The summed E-state index contributed by atoms with van der Waals surface area (Å²) >= 11 is 0. The average Bonchev–Trinajstić information content (AvgIpc) is 3.05. The van der Waals surface area contributed by atoms with Crippen molar-refractivity contribution in [1.29, 1.82) is 0 Å². The summed E-state index contributed by atoms with van der Waals surface area (Å²) in [6.07, 6.45) is -9.20. The van der Waals surface area contributed by atoms with Crippen molar-refractivity contribution in [2.45, 2.75) is 32.9 Å². The van der Waals surface area contributed by atoms with Crippen molar-refractivity contribution in [2.75, 3.05) is 13.2 Å². The zero-order valence-electron chi connectivity index (χ0n) is 14.2. The SMILES string of the molecule is CC(C)Cc1c(C(=O)O)c(C(F)F)nc(C(F)(F)F)c1C(=O)C1=NCCO1. The van der Waals surface area contributed by atoms with Crippen LogP contribution in [0.2, 0.25) is 0 Å². The number of rotatable bonds is 6. The number of carboxylic acids is 1. The van der Waals surface area contributed by atoms with Crippen molar-refractivity contribution >= 4 is 17.7 Å². The molecule has 1 aliphatic rings. The topological polar surface area (TPSA) is 88.8 Å². The fourth-order valence-electron chi connectivity index (χ4n) is 2.69. The fraction of sp³-hybridized carbons (Fsp3) is 0.500. The van der Waals surface area contributed by atoms with E-state index in [1.807, 2.05) is 0 Å². The van der Waals surface area contributed by atoms with E-state index in [-0.39, 0.29) is 19.6 Å². The molecule has 6 nitrogen and oxygen atoms in total. The Balaban J connectivity index is 2.93. The standard InChI is InChI=1S/C16H15F5N2O4/c1-6(2)5-7-8(15(25)26)10(13(17)18)23-12(16(19,20)21)9(7)11(24)14-22-3-4-27-14/h6,13H,3-5H2,1-2H3,(H,25,26). The number of hydrogen-bond donors (Lipinski definition) is 1. The van der Waals surface area contributed by atoms with Gasteiger partial charge in [-0.05, 0) is 17.9 Å². The van der Waals surface area contributed by atoms with Crippen LogP contribution in [0, 0.1) is 5.92 Å². The van der Waals surface area contributed by atoms with Gasteiger partial charge >= 0.3 is 12.1 Å². The third-order valence-electron chi connectivity index (χ3n) is 3.64. The van der Waals surface area contributed by atoms with E-state index >= 15 is 0 Å². The molecule has 0 aliphatic carbocycles. The van der Waals surface area contributed by atoms with E-state index in [4.69, 9.17) is 4.74 Å². The molecule has 0 amide bonds. The summed E-state index contributed by atoms with van der Waals surface area (Å²) in [7, 11) is 0. The second kappa shape index (κ2) is 7.57. The summed E-state index contributed by atoms with van der Waals surface area (Å²) in [4.78, 5) is 30.6. The molecule has 0 saturated heterocycles. The Morgan fingerprint density at radius 3 is 2.26 bits per heavy atom. The lowest BCUT2D eigenvalue weighted by atomic mass is 9.89. The van der Waals surface area contributed by atoms with Crippen LogP contribution in [0.3, 0.4) is 0 Å². The lowest BCUT2D eigenvalue weighted by Gasteiger charge is -2.21. The molecule has 27 heavy (non-hydrogen) atoms. The van der Waals surface area contributed by atoms with Crippen molar-refractivity contribution in [3.8, 4) is 0 Å². The summed E-state index contributed by atoms with van der Waals surface area (Å²) in [6, 6.07) is 0. The predicted octanol–water partition coefficient (Wildman–Crippen LogP) is 3.55. The van der Waals surface area contributed by atoms with E-state index in [0.29, 0.717) is 0 Å². The maximum absolute atomic E-state index is 13.5. The summed E-state index contributed by atoms with van der Waals surface area (Å²) in [5, 5.41) is 9.35. The summed E-state index contributed by atoms with van der Waals surface area (Å²) in [5.74, 6) is -4.29. The van der Waals surface area contributed by atoms with Gasteiger partial charge in [-0.15, -0.1) is 0 Å². The number of aromatic nitrogens is 1. The Labute approximate surface area is 150 Å². The first-order chi connectivity index (χ1) is 12.4. The highest BCUT2D eigenvalue weighted by molar-refractivity contribution is 6.44. The Bertz CT molecular complexity index is 803. The van der Waals surface area contributed by atoms with Crippen LogP contribution in [0.15, 0.2) is 4.99 Å². The van der Waals surface area contributed by atoms with Crippen LogP contribution >= 0.6 is 0 Å². The average molecular weight is 394 g/mol. The molecule has 1 aromatic heterocycles. The van der Waals surface area contributed by atoms with Crippen LogP contribution in [0.5, 0.6) is 0 Å². The third kappa shape index (κ3) is 4.22. The lowest BCUT2D eigenvalue weighted by molar-refractivity contribution is -0.141. The summed E-state index contributed by atoms with van der Waals surface area (Å²) < 4.78 is 72.0. The molecule has 0 radical (unpaired) electrons. The van der Waals surface area contributed by atoms with Gasteiger partial charge in [-0.3, -0.25) is 4.79 Å². The van der Waals surface area contributed by atoms with E-state index in [2.05, 4.69) is 9.98 Å². The second-order valence-electron chi connectivity index (χ2n) is 6.14. The maximum atomic E-state index is 13.5. The Morgan fingerprint density at radius 1 is 1.22 bits per heavy atom. The van der Waals surface area contributed by atoms with Gasteiger partial charge in [0.25, 0.3) is 12.3 Å². The highest BCUT2D eigenvalue weighted by Crippen LogP contribution is 2.38. The van der Waals surface area contributed by atoms with E-state index in [1.54, 1.807) is 13.8 Å². The third-order valence-corrected chi connectivity index (χ3v) is 3.64. The first-order valence-electron chi connectivity index (χ1n) is 7.82. The number of alkyl halides is 5. The minimum atomic E-state index is -5.27. The van der Waals surface area contributed by atoms with Gasteiger partial charge in [0.1, 0.15) is 12.3 Å². The molecule has 148 valence electrons. The molecule has 0 saturated carbocycles. The van der Waals surface area contributed by atoms with Crippen molar-refractivity contribution in [3.63, 3.8) is 0 Å². The van der Waals surface area contributed by atoms with Gasteiger partial charge in [-0.25, -0.2) is 23.6 Å². The number of carboxylic acid groups (broad SMARTS) is 1. The summed E-state index contributed by atoms with van der Waals surface area (Å²) in [5.41, 5.74) is -6.27. The lowest BCUT2D eigenvalue weighted by Crippen LogP contribution is -2.27. The molecule has 0 aromatic carbocycles. The van der Waals surface area contributed by atoms with Crippen LogP contribution in [0.1, 0.15) is 57.9 Å². The quantitative estimate of drug-likeness (QED) is 0.589. The predicted molar refractivity (Wildman–Crippen MR) is 82.3 cm³/mol. The van der Waals surface area contributed by atoms with E-state index < -0.39 is 64.2 Å². The van der Waals surface area contributed by atoms with Gasteiger partial charge in [-0.2, -0.15) is 13.2 Å². The molecule has 11 heteroatoms. The fourth-order valence-corrected chi connectivity index (χ4v) is 2.69. The van der Waals surface area contributed by atoms with Crippen LogP contribution in [0.4, 0.5) is 22.0 Å². The minimum Gasteiger partial charge on any atom is -0.478 e. The number of ketones is 1. The first kappa shape index (κ1) is 20.7. The summed E-state index contributed by atoms with van der Waals surface area (Å²) in [6.45, 7) is 3.09. The monoisotopic (exact) mass is 394 g/mol. The van der Waals surface area contributed by atoms with E-state index in [9.17, 15) is 36.6 Å². The van der Waals surface area contributed by atoms with Gasteiger partial charge in [0, 0.05) is 0 Å². The number of halogens is 5. The first-order valence-corrected chi connectivity index (χ1v) is 7.82. The van der Waals surface area contributed by atoms with Crippen molar-refractivity contribution < 1.29 is 41.4 Å². The number of aromatic carboxylic acids is 1. The van der Waals surface area contributed by atoms with Crippen molar-refractivity contribution in [1.82, 2.24) is 4.98 Å². The number of aliphatic imine (C=N–C) groups is 1. The van der Waals surface area contributed by atoms with Gasteiger partial charge < -0.3 is 9.84 Å². The number of ether oxygens (including phenoxy) is 1. The van der Waals surface area contributed by atoms with Gasteiger partial charge in [0.15, 0.2) is 5.69 Å². The largest absolute Gasteiger partial charge is 0.478 e. The molecule has 0 bridgehead atoms. The smallest absolute Gasteiger partial charge is 0.434 e. The molecular weight excluding hydrogens is 379 g/mol. The molecule has 1 aromatic rings. The van der Waals surface area contributed by atoms with E-state index in [0.717, 1.165) is 0 Å². The minimum absolute atomic E-state index is 0.0315. The molecule has 2 heterocycles. The maximum Gasteiger partial charge on any atom is 0.434 e. The number of nitrogens with zero attached hydrogens (tertiary/aromatic N) is 2. The van der Waals surface area contributed by atoms with Gasteiger partial charge in [0.05, 0.1) is 17.7 Å². The number of pyridine rings is 1. The van der Waals surface area contributed by atoms with Crippen LogP contribution in [0.25, 0.3) is 0 Å². The molecular formula is C16H15F5N2O4. The van der Waals surface area contributed by atoms with Gasteiger partial charge in [0.2, 0.25) is 5.78 Å². The second-order valence-corrected chi connectivity index (χ2v) is 6.14. The molecule has 1 N–H and O–H groups in total. The Morgan fingerprint density at radius 2 is 1.85 bits per heavy atom. The van der Waals surface area contributed by atoms with Crippen LogP contribution < -0.4 is 0 Å². The highest BCUT2D eigenvalue weighted by atomic mass is 19.4. The number of Topliss-reactive ketones (excluding diaryl/α,β-unsaturated/α-hetero) is 1. The normalized spacial score (nSPS) is 14.5. The molecule has 0 spiro atoms. The number of carbonyl (C=O) groups is 2. The molecule has 2 rings (SSSR count). The molecule has 1 aliphatic heterocycles. The zero-order chi connectivity index (χ0) is 20.5. The number of hydrogen-bond acceptors (Lipinski definition) is 5. The van der Waals surface area contributed by atoms with Gasteiger partial charge in [-0.1, -0.05) is 13.8 Å². The Kier molecular flexibility index (Phi) is 5.81. The van der Waals surface area contributed by atoms with Crippen molar-refractivity contribution in [3.05, 3.63) is 28.1 Å².